The van der Waals surface area contributed by atoms with Gasteiger partial charge in [-0.15, -0.1) is 0 Å². The minimum Gasteiger partial charge on any atom is -0.381 e. The summed E-state index contributed by atoms with van der Waals surface area (Å²) in [7, 11) is 0. The second-order valence-corrected chi connectivity index (χ2v) is 8.21. The Balaban J connectivity index is 1.77. The van der Waals surface area contributed by atoms with Gasteiger partial charge in [0.1, 0.15) is 29.9 Å². The van der Waals surface area contributed by atoms with Crippen LogP contribution in [0.5, 0.6) is 0 Å². The van der Waals surface area contributed by atoms with E-state index in [4.69, 9.17) is 0 Å². The van der Waals surface area contributed by atoms with E-state index in [0.717, 1.165) is 38.4 Å². The number of rotatable bonds is 9. The van der Waals surface area contributed by atoms with Crippen molar-refractivity contribution in [2.45, 2.75) is 70.6 Å². The van der Waals surface area contributed by atoms with Gasteiger partial charge < -0.3 is 5.11 Å². The summed E-state index contributed by atoms with van der Waals surface area (Å²) in [5.74, 6) is -1.42. The lowest BCUT2D eigenvalue weighted by atomic mass is 9.84. The van der Waals surface area contributed by atoms with Crippen molar-refractivity contribution < 1.29 is 13.9 Å². The second-order valence-electron chi connectivity index (χ2n) is 8.21. The Labute approximate surface area is 177 Å². The summed E-state index contributed by atoms with van der Waals surface area (Å²) < 4.78 is 29.7. The molecule has 0 bridgehead atoms. The molecule has 5 nitrogen and oxygen atoms in total. The lowest BCUT2D eigenvalue weighted by Crippen LogP contribution is -2.53. The molecule has 164 valence electrons. The molecule has 0 aliphatic carbocycles. The van der Waals surface area contributed by atoms with Gasteiger partial charge >= 0.3 is 0 Å². The van der Waals surface area contributed by atoms with Crippen LogP contribution in [0.3, 0.4) is 0 Å². The van der Waals surface area contributed by atoms with Crippen LogP contribution in [-0.2, 0) is 12.1 Å². The normalized spacial score (nSPS) is 18.2. The van der Waals surface area contributed by atoms with Gasteiger partial charge in [0.15, 0.2) is 0 Å². The number of allylic oxidation sites excluding steroid dienone is 1. The van der Waals surface area contributed by atoms with Crippen LogP contribution in [-0.4, -0.2) is 43.9 Å². The molecule has 0 radical (unpaired) electrons. The zero-order valence-corrected chi connectivity index (χ0v) is 17.9. The molecule has 0 amide bonds. The minimum absolute atomic E-state index is 0.0347. The maximum Gasteiger partial charge on any atom is 0.137 e. The van der Waals surface area contributed by atoms with Crippen LogP contribution >= 0.6 is 0 Å². The predicted octanol–water partition coefficient (Wildman–Crippen LogP) is 4.44. The van der Waals surface area contributed by atoms with Gasteiger partial charge in [0, 0.05) is 30.8 Å². The first kappa shape index (κ1) is 22.6. The molecule has 1 fully saturated rings. The first-order chi connectivity index (χ1) is 14.4. The summed E-state index contributed by atoms with van der Waals surface area (Å²) in [6.07, 6.45) is 11.9. The molecular formula is C23H32F2N4O. The van der Waals surface area contributed by atoms with Gasteiger partial charge in [-0.1, -0.05) is 37.5 Å². The number of halogens is 2. The van der Waals surface area contributed by atoms with E-state index >= 15 is 0 Å². The van der Waals surface area contributed by atoms with E-state index in [1.807, 2.05) is 6.92 Å². The molecule has 0 spiro atoms. The Kier molecular flexibility index (Phi) is 7.72. The van der Waals surface area contributed by atoms with E-state index in [1.54, 1.807) is 0 Å². The third-order valence-electron chi connectivity index (χ3n) is 6.19. The molecule has 2 atom stereocenters. The van der Waals surface area contributed by atoms with Crippen LogP contribution in [0.1, 0.15) is 57.9 Å². The number of benzene rings is 1. The van der Waals surface area contributed by atoms with Crippen LogP contribution in [0.15, 0.2) is 42.5 Å². The maximum absolute atomic E-state index is 14.7. The number of hydrogen-bond donors (Lipinski definition) is 1. The zero-order chi connectivity index (χ0) is 21.6. The van der Waals surface area contributed by atoms with Crippen molar-refractivity contribution in [3.8, 4) is 0 Å². The summed E-state index contributed by atoms with van der Waals surface area (Å²) in [5, 5.41) is 15.8. The lowest BCUT2D eigenvalue weighted by molar-refractivity contribution is -0.0657. The number of nitrogens with zero attached hydrogens (tertiary/aromatic N) is 4. The molecule has 1 aliphatic rings. The number of likely N-dealkylation sites (tertiary alicyclic amines) is 1. The largest absolute Gasteiger partial charge is 0.381 e. The highest BCUT2D eigenvalue weighted by atomic mass is 19.1. The van der Waals surface area contributed by atoms with E-state index < -0.39 is 17.2 Å². The molecule has 1 saturated heterocycles. The fourth-order valence-corrected chi connectivity index (χ4v) is 4.25. The Morgan fingerprint density at radius 3 is 2.63 bits per heavy atom. The molecule has 1 N–H and O–H groups in total. The Morgan fingerprint density at radius 1 is 1.23 bits per heavy atom. The van der Waals surface area contributed by atoms with Crippen LogP contribution in [0.25, 0.3) is 0 Å². The molecule has 30 heavy (non-hydrogen) atoms. The van der Waals surface area contributed by atoms with E-state index in [1.165, 1.54) is 54.3 Å². The summed E-state index contributed by atoms with van der Waals surface area (Å²) in [6.45, 7) is 5.73. The fourth-order valence-electron chi connectivity index (χ4n) is 4.25. The van der Waals surface area contributed by atoms with E-state index in [2.05, 4.69) is 28.0 Å². The first-order valence-corrected chi connectivity index (χ1v) is 10.9. The zero-order valence-electron chi connectivity index (χ0n) is 17.9. The average molecular weight is 419 g/mol. The number of unbranched alkanes of at least 4 members (excludes halogenated alkanes) is 3. The standard InChI is InChI=1S/C23H32F2N4O/c1-3-4-5-6-7-19-10-12-28(13-11-19)18(2)23(30,15-29-17-26-16-27-29)21-9-8-20(24)14-22(21)25/h7-9,14,16-18,30H,3-6,10-13,15H2,1-2H3/t18-,23-/m1/s1. The van der Waals surface area contributed by atoms with E-state index in [-0.39, 0.29) is 18.2 Å². The molecule has 0 saturated carbocycles. The van der Waals surface area contributed by atoms with Crippen molar-refractivity contribution >= 4 is 0 Å². The number of aliphatic hydroxyl groups is 1. The van der Waals surface area contributed by atoms with Crippen molar-refractivity contribution in [2.75, 3.05) is 13.1 Å². The van der Waals surface area contributed by atoms with Crippen LogP contribution in [0.2, 0.25) is 0 Å². The molecular weight excluding hydrogens is 386 g/mol. The van der Waals surface area contributed by atoms with Gasteiger partial charge in [0.25, 0.3) is 0 Å². The Hall–Kier alpha value is -2.12. The fraction of sp³-hybridized carbons (Fsp3) is 0.565. The summed E-state index contributed by atoms with van der Waals surface area (Å²) in [6, 6.07) is 2.96. The van der Waals surface area contributed by atoms with Crippen LogP contribution < -0.4 is 0 Å². The summed E-state index contributed by atoms with van der Waals surface area (Å²) >= 11 is 0. The average Bonchev–Trinajstić information content (AvgIpc) is 3.24. The molecule has 3 rings (SSSR count). The lowest BCUT2D eigenvalue weighted by Gasteiger charge is -2.43. The van der Waals surface area contributed by atoms with E-state index in [9.17, 15) is 13.9 Å². The van der Waals surface area contributed by atoms with Crippen molar-refractivity contribution in [1.29, 1.82) is 0 Å². The van der Waals surface area contributed by atoms with Gasteiger partial charge in [-0.05, 0) is 38.7 Å². The highest BCUT2D eigenvalue weighted by Crippen LogP contribution is 2.34. The molecule has 2 aromatic rings. The molecule has 7 heteroatoms. The predicted molar refractivity (Wildman–Crippen MR) is 113 cm³/mol. The molecule has 1 aromatic heterocycles. The first-order valence-electron chi connectivity index (χ1n) is 10.9. The second kappa shape index (κ2) is 10.3. The molecule has 2 heterocycles. The van der Waals surface area contributed by atoms with Crippen molar-refractivity contribution in [3.05, 3.63) is 59.7 Å². The van der Waals surface area contributed by atoms with Crippen LogP contribution in [0, 0.1) is 11.6 Å². The third kappa shape index (κ3) is 5.32. The van der Waals surface area contributed by atoms with E-state index in [0.29, 0.717) is 0 Å². The quantitative estimate of drug-likeness (QED) is 0.483. The van der Waals surface area contributed by atoms with Crippen molar-refractivity contribution in [2.24, 2.45) is 0 Å². The highest BCUT2D eigenvalue weighted by Gasteiger charge is 2.42. The molecule has 0 unspecified atom stereocenters. The number of hydrogen-bond acceptors (Lipinski definition) is 4. The minimum atomic E-state index is -1.58. The molecule has 1 aliphatic heterocycles. The van der Waals surface area contributed by atoms with Gasteiger partial charge in [-0.25, -0.2) is 18.4 Å². The summed E-state index contributed by atoms with van der Waals surface area (Å²) in [5.41, 5.74) is -0.0384. The molecule has 1 aromatic carbocycles. The van der Waals surface area contributed by atoms with Gasteiger partial charge in [-0.2, -0.15) is 5.10 Å². The van der Waals surface area contributed by atoms with Gasteiger partial charge in [0.2, 0.25) is 0 Å². The third-order valence-corrected chi connectivity index (χ3v) is 6.19. The number of aromatic nitrogens is 3. The van der Waals surface area contributed by atoms with Crippen molar-refractivity contribution in [1.82, 2.24) is 19.7 Å². The topological polar surface area (TPSA) is 54.2 Å². The monoisotopic (exact) mass is 418 g/mol. The SMILES string of the molecule is CCCCCC=C1CCN([C@H](C)[C@](O)(Cn2cncn2)c2ccc(F)cc2F)CC1. The number of piperidine rings is 1. The maximum atomic E-state index is 14.7. The van der Waals surface area contributed by atoms with Gasteiger partial charge in [-0.3, -0.25) is 4.90 Å². The highest BCUT2D eigenvalue weighted by molar-refractivity contribution is 5.27. The van der Waals surface area contributed by atoms with Crippen molar-refractivity contribution in [3.63, 3.8) is 0 Å². The van der Waals surface area contributed by atoms with Crippen LogP contribution in [0.4, 0.5) is 8.78 Å². The van der Waals surface area contributed by atoms with Gasteiger partial charge in [0.05, 0.1) is 6.54 Å². The smallest absolute Gasteiger partial charge is 0.137 e. The Bertz CT molecular complexity index is 830. The Morgan fingerprint density at radius 2 is 2.00 bits per heavy atom. The summed E-state index contributed by atoms with van der Waals surface area (Å²) in [4.78, 5) is 6.11.